The van der Waals surface area contributed by atoms with Crippen LogP contribution in [0.2, 0.25) is 0 Å². The summed E-state index contributed by atoms with van der Waals surface area (Å²) in [7, 11) is 5.11. The number of benzene rings is 2. The van der Waals surface area contributed by atoms with Crippen molar-refractivity contribution in [2.24, 2.45) is 0 Å². The van der Waals surface area contributed by atoms with E-state index in [-0.39, 0.29) is 6.10 Å². The summed E-state index contributed by atoms with van der Waals surface area (Å²) in [6, 6.07) is 12.5. The predicted molar refractivity (Wildman–Crippen MR) is 118 cm³/mol. The Labute approximate surface area is 179 Å². The molecule has 4 rings (SSSR count). The molecule has 0 spiro atoms. The van der Waals surface area contributed by atoms with Gasteiger partial charge in [-0.05, 0) is 48.2 Å². The van der Waals surface area contributed by atoms with Crippen LogP contribution in [-0.4, -0.2) is 65.6 Å². The lowest BCUT2D eigenvalue weighted by molar-refractivity contribution is 0.0286. The topological polar surface area (TPSA) is 43.4 Å². The molecule has 1 atom stereocenters. The Bertz CT molecular complexity index is 849. The molecule has 1 unspecified atom stereocenters. The Hall–Kier alpha value is -2.44. The average Bonchev–Trinajstić information content (AvgIpc) is 2.82. The highest BCUT2D eigenvalue weighted by molar-refractivity contribution is 5.58. The van der Waals surface area contributed by atoms with Crippen LogP contribution in [0.3, 0.4) is 0 Å². The molecular weight excluding hydrogens is 380 g/mol. The quantitative estimate of drug-likeness (QED) is 0.693. The summed E-state index contributed by atoms with van der Waals surface area (Å²) < 4.78 is 22.6. The van der Waals surface area contributed by atoms with E-state index in [0.717, 1.165) is 69.4 Å². The maximum atomic E-state index is 6.14. The first-order valence-corrected chi connectivity index (χ1v) is 10.7. The Morgan fingerprint density at radius 1 is 0.900 bits per heavy atom. The fourth-order valence-corrected chi connectivity index (χ4v) is 4.50. The summed E-state index contributed by atoms with van der Waals surface area (Å²) in [5, 5.41) is 0. The number of anilines is 1. The zero-order valence-corrected chi connectivity index (χ0v) is 18.2. The molecule has 0 aliphatic carbocycles. The third-order valence-electron chi connectivity index (χ3n) is 6.19. The maximum Gasteiger partial charge on any atom is 0.161 e. The molecule has 1 fully saturated rings. The molecule has 2 aliphatic heterocycles. The minimum Gasteiger partial charge on any atom is -0.495 e. The molecule has 2 aliphatic rings. The molecule has 6 nitrogen and oxygen atoms in total. The molecule has 0 amide bonds. The smallest absolute Gasteiger partial charge is 0.161 e. The van der Waals surface area contributed by atoms with Gasteiger partial charge in [0.15, 0.2) is 11.5 Å². The van der Waals surface area contributed by atoms with Crippen LogP contribution in [0, 0.1) is 0 Å². The SMILES string of the molecule is COc1cc2c(cc1OC)C(CCN1CCN(c3ccccc3OC)CC1)OCC2. The Balaban J connectivity index is 1.36. The van der Waals surface area contributed by atoms with Crippen molar-refractivity contribution < 1.29 is 18.9 Å². The molecular formula is C24H32N2O4. The molecule has 0 bridgehead atoms. The lowest BCUT2D eigenvalue weighted by Crippen LogP contribution is -2.47. The molecule has 0 N–H and O–H groups in total. The third-order valence-corrected chi connectivity index (χ3v) is 6.19. The van der Waals surface area contributed by atoms with Gasteiger partial charge in [0, 0.05) is 32.7 Å². The van der Waals surface area contributed by atoms with Crippen molar-refractivity contribution in [1.82, 2.24) is 4.90 Å². The fraction of sp³-hybridized carbons (Fsp3) is 0.500. The number of hydrogen-bond donors (Lipinski definition) is 0. The fourth-order valence-electron chi connectivity index (χ4n) is 4.50. The van der Waals surface area contributed by atoms with Gasteiger partial charge in [-0.1, -0.05) is 12.1 Å². The molecule has 0 radical (unpaired) electrons. The average molecular weight is 413 g/mol. The normalized spacial score (nSPS) is 19.3. The highest BCUT2D eigenvalue weighted by atomic mass is 16.5. The van der Waals surface area contributed by atoms with Crippen molar-refractivity contribution in [2.75, 3.05) is 65.6 Å². The van der Waals surface area contributed by atoms with E-state index in [0.29, 0.717) is 0 Å². The van der Waals surface area contributed by atoms with Crippen molar-refractivity contribution >= 4 is 5.69 Å². The van der Waals surface area contributed by atoms with E-state index in [4.69, 9.17) is 18.9 Å². The van der Waals surface area contributed by atoms with E-state index < -0.39 is 0 Å². The number of rotatable bonds is 7. The minimum atomic E-state index is 0.112. The van der Waals surface area contributed by atoms with Crippen LogP contribution in [0.5, 0.6) is 17.2 Å². The largest absolute Gasteiger partial charge is 0.495 e. The molecule has 1 saturated heterocycles. The molecule has 30 heavy (non-hydrogen) atoms. The van der Waals surface area contributed by atoms with E-state index in [1.165, 1.54) is 16.8 Å². The number of piperazine rings is 1. The van der Waals surface area contributed by atoms with E-state index in [1.54, 1.807) is 21.3 Å². The van der Waals surface area contributed by atoms with Crippen molar-refractivity contribution in [1.29, 1.82) is 0 Å². The number of fused-ring (bicyclic) bond motifs is 1. The monoisotopic (exact) mass is 412 g/mol. The first kappa shape index (κ1) is 20.8. The van der Waals surface area contributed by atoms with Gasteiger partial charge in [0.05, 0.1) is 39.7 Å². The first-order chi connectivity index (χ1) is 14.7. The number of nitrogens with zero attached hydrogens (tertiary/aromatic N) is 2. The number of ether oxygens (including phenoxy) is 4. The standard InChI is InChI=1S/C24H32N2O4/c1-27-22-7-5-4-6-20(22)26-13-11-25(12-14-26)10-8-21-19-17-24(29-3)23(28-2)16-18(19)9-15-30-21/h4-7,16-17,21H,8-15H2,1-3H3. The Morgan fingerprint density at radius 2 is 1.60 bits per heavy atom. The summed E-state index contributed by atoms with van der Waals surface area (Å²) in [5.41, 5.74) is 3.74. The second-order valence-electron chi connectivity index (χ2n) is 7.80. The van der Waals surface area contributed by atoms with E-state index in [9.17, 15) is 0 Å². The summed E-state index contributed by atoms with van der Waals surface area (Å²) in [4.78, 5) is 4.95. The van der Waals surface area contributed by atoms with Gasteiger partial charge in [-0.3, -0.25) is 4.90 Å². The van der Waals surface area contributed by atoms with Gasteiger partial charge in [0.25, 0.3) is 0 Å². The minimum absolute atomic E-state index is 0.112. The van der Waals surface area contributed by atoms with Gasteiger partial charge in [-0.2, -0.15) is 0 Å². The molecule has 6 heteroatoms. The molecule has 2 aromatic rings. The second kappa shape index (κ2) is 9.58. The van der Waals surface area contributed by atoms with E-state index >= 15 is 0 Å². The van der Waals surface area contributed by atoms with Crippen LogP contribution in [0.15, 0.2) is 36.4 Å². The van der Waals surface area contributed by atoms with Gasteiger partial charge < -0.3 is 23.8 Å². The number of para-hydroxylation sites is 2. The second-order valence-corrected chi connectivity index (χ2v) is 7.80. The molecule has 0 saturated carbocycles. The van der Waals surface area contributed by atoms with Crippen molar-refractivity contribution in [2.45, 2.75) is 18.9 Å². The Kier molecular flexibility index (Phi) is 6.65. The first-order valence-electron chi connectivity index (χ1n) is 10.7. The number of hydrogen-bond acceptors (Lipinski definition) is 6. The summed E-state index contributed by atoms with van der Waals surface area (Å²) >= 11 is 0. The molecule has 0 aromatic heterocycles. The lowest BCUT2D eigenvalue weighted by Gasteiger charge is -2.37. The molecule has 162 valence electrons. The number of methoxy groups -OCH3 is 3. The van der Waals surface area contributed by atoms with Gasteiger partial charge in [0.2, 0.25) is 0 Å². The highest BCUT2D eigenvalue weighted by Crippen LogP contribution is 2.38. The zero-order chi connectivity index (χ0) is 20.9. The van der Waals surface area contributed by atoms with Crippen LogP contribution >= 0.6 is 0 Å². The van der Waals surface area contributed by atoms with Crippen LogP contribution < -0.4 is 19.1 Å². The maximum absolute atomic E-state index is 6.14. The van der Waals surface area contributed by atoms with E-state index in [2.05, 4.69) is 34.1 Å². The lowest BCUT2D eigenvalue weighted by atomic mass is 9.94. The van der Waals surface area contributed by atoms with Crippen LogP contribution in [0.4, 0.5) is 5.69 Å². The van der Waals surface area contributed by atoms with Crippen LogP contribution in [-0.2, 0) is 11.2 Å². The van der Waals surface area contributed by atoms with Gasteiger partial charge in [-0.15, -0.1) is 0 Å². The summed E-state index contributed by atoms with van der Waals surface area (Å²) in [6.45, 7) is 5.89. The Morgan fingerprint density at radius 3 is 2.33 bits per heavy atom. The summed E-state index contributed by atoms with van der Waals surface area (Å²) in [6.07, 6.45) is 2.02. The highest BCUT2D eigenvalue weighted by Gasteiger charge is 2.25. The molecule has 2 heterocycles. The van der Waals surface area contributed by atoms with Gasteiger partial charge in [0.1, 0.15) is 5.75 Å². The van der Waals surface area contributed by atoms with Crippen molar-refractivity contribution in [3.05, 3.63) is 47.5 Å². The zero-order valence-electron chi connectivity index (χ0n) is 18.2. The van der Waals surface area contributed by atoms with Crippen molar-refractivity contribution in [3.8, 4) is 17.2 Å². The van der Waals surface area contributed by atoms with Crippen LogP contribution in [0.25, 0.3) is 0 Å². The van der Waals surface area contributed by atoms with Crippen LogP contribution in [0.1, 0.15) is 23.7 Å². The van der Waals surface area contributed by atoms with Gasteiger partial charge >= 0.3 is 0 Å². The van der Waals surface area contributed by atoms with E-state index in [1.807, 2.05) is 12.1 Å². The molecule has 2 aromatic carbocycles. The van der Waals surface area contributed by atoms with Crippen molar-refractivity contribution in [3.63, 3.8) is 0 Å². The summed E-state index contributed by atoms with van der Waals surface area (Å²) in [5.74, 6) is 2.52. The third kappa shape index (κ3) is 4.35. The van der Waals surface area contributed by atoms with Gasteiger partial charge in [-0.25, -0.2) is 0 Å². The predicted octanol–water partition coefficient (Wildman–Crippen LogP) is 3.54.